The molecule has 5 heteroatoms. The fourth-order valence-electron chi connectivity index (χ4n) is 1.82. The number of likely N-dealkylation sites (N-methyl/N-ethyl adjacent to an activating group) is 1. The summed E-state index contributed by atoms with van der Waals surface area (Å²) in [6.45, 7) is 7.45. The SMILES string of the molecule is C[C@@H](N)C(=O)N1CCN(CCN(C)C)CC1. The maximum atomic E-state index is 11.6. The Morgan fingerprint density at radius 1 is 1.31 bits per heavy atom. The summed E-state index contributed by atoms with van der Waals surface area (Å²) in [5.74, 6) is 0.0762. The van der Waals surface area contributed by atoms with Crippen molar-refractivity contribution in [2.75, 3.05) is 53.4 Å². The van der Waals surface area contributed by atoms with Crippen molar-refractivity contribution in [1.82, 2.24) is 14.7 Å². The van der Waals surface area contributed by atoms with E-state index in [2.05, 4.69) is 23.9 Å². The number of amides is 1. The molecule has 0 saturated carbocycles. The molecule has 1 saturated heterocycles. The van der Waals surface area contributed by atoms with E-state index in [1.165, 1.54) is 0 Å². The predicted octanol–water partition coefficient (Wildman–Crippen LogP) is -0.961. The van der Waals surface area contributed by atoms with Gasteiger partial charge < -0.3 is 15.5 Å². The van der Waals surface area contributed by atoms with E-state index in [0.29, 0.717) is 0 Å². The summed E-state index contributed by atoms with van der Waals surface area (Å²) in [7, 11) is 4.16. The van der Waals surface area contributed by atoms with Crippen molar-refractivity contribution in [1.29, 1.82) is 0 Å². The molecule has 1 aliphatic heterocycles. The van der Waals surface area contributed by atoms with Crippen molar-refractivity contribution >= 4 is 5.91 Å². The highest BCUT2D eigenvalue weighted by molar-refractivity contribution is 5.81. The Hall–Kier alpha value is -0.650. The van der Waals surface area contributed by atoms with Crippen LogP contribution in [-0.4, -0.2) is 80.0 Å². The standard InChI is InChI=1S/C11H24N4O/c1-10(12)11(16)15-8-6-14(7-9-15)5-4-13(2)3/h10H,4-9,12H2,1-3H3/t10-/m1/s1. The molecule has 1 heterocycles. The Labute approximate surface area is 98.2 Å². The number of piperazine rings is 1. The second-order valence-corrected chi connectivity index (χ2v) is 4.76. The molecule has 0 aromatic heterocycles. The molecular weight excluding hydrogens is 204 g/mol. The normalized spacial score (nSPS) is 20.2. The van der Waals surface area contributed by atoms with E-state index in [1.807, 2.05) is 4.90 Å². The van der Waals surface area contributed by atoms with Crippen LogP contribution < -0.4 is 5.73 Å². The molecule has 5 nitrogen and oxygen atoms in total. The molecule has 0 unspecified atom stereocenters. The lowest BCUT2D eigenvalue weighted by molar-refractivity contribution is -0.133. The molecule has 1 atom stereocenters. The lowest BCUT2D eigenvalue weighted by Crippen LogP contribution is -2.53. The highest BCUT2D eigenvalue weighted by atomic mass is 16.2. The van der Waals surface area contributed by atoms with Crippen LogP contribution in [0.25, 0.3) is 0 Å². The molecule has 16 heavy (non-hydrogen) atoms. The van der Waals surface area contributed by atoms with Gasteiger partial charge >= 0.3 is 0 Å². The second kappa shape index (κ2) is 6.18. The zero-order chi connectivity index (χ0) is 12.1. The van der Waals surface area contributed by atoms with E-state index in [-0.39, 0.29) is 11.9 Å². The first-order valence-electron chi connectivity index (χ1n) is 5.92. The Morgan fingerprint density at radius 2 is 1.88 bits per heavy atom. The summed E-state index contributed by atoms with van der Waals surface area (Å²) >= 11 is 0. The second-order valence-electron chi connectivity index (χ2n) is 4.76. The first-order chi connectivity index (χ1) is 7.50. The molecule has 1 aliphatic rings. The predicted molar refractivity (Wildman–Crippen MR) is 65.2 cm³/mol. The number of carbonyl (C=O) groups is 1. The van der Waals surface area contributed by atoms with Gasteiger partial charge in [0.1, 0.15) is 0 Å². The molecule has 94 valence electrons. The minimum atomic E-state index is -0.367. The maximum absolute atomic E-state index is 11.6. The van der Waals surface area contributed by atoms with Crippen LogP contribution >= 0.6 is 0 Å². The van der Waals surface area contributed by atoms with Crippen LogP contribution in [0, 0.1) is 0 Å². The Morgan fingerprint density at radius 3 is 2.31 bits per heavy atom. The summed E-state index contributed by atoms with van der Waals surface area (Å²) in [6.07, 6.45) is 0. The van der Waals surface area contributed by atoms with Gasteiger partial charge in [-0.2, -0.15) is 0 Å². The van der Waals surface area contributed by atoms with Gasteiger partial charge in [-0.15, -0.1) is 0 Å². The third-order valence-corrected chi connectivity index (χ3v) is 2.94. The van der Waals surface area contributed by atoms with E-state index in [0.717, 1.165) is 39.3 Å². The van der Waals surface area contributed by atoms with Gasteiger partial charge in [0.05, 0.1) is 6.04 Å². The van der Waals surface area contributed by atoms with E-state index in [1.54, 1.807) is 6.92 Å². The topological polar surface area (TPSA) is 52.8 Å². The molecule has 0 aromatic carbocycles. The Kier molecular flexibility index (Phi) is 5.18. The Bertz CT molecular complexity index is 222. The average Bonchev–Trinajstić information content (AvgIpc) is 2.26. The molecule has 2 N–H and O–H groups in total. The lowest BCUT2D eigenvalue weighted by atomic mass is 10.2. The fraction of sp³-hybridized carbons (Fsp3) is 0.909. The lowest BCUT2D eigenvalue weighted by Gasteiger charge is -2.35. The van der Waals surface area contributed by atoms with Crippen molar-refractivity contribution < 1.29 is 4.79 Å². The highest BCUT2D eigenvalue weighted by Gasteiger charge is 2.22. The zero-order valence-corrected chi connectivity index (χ0v) is 10.6. The van der Waals surface area contributed by atoms with Crippen molar-refractivity contribution in [2.45, 2.75) is 13.0 Å². The number of rotatable bonds is 4. The van der Waals surface area contributed by atoms with Crippen molar-refractivity contribution in [3.8, 4) is 0 Å². The van der Waals surface area contributed by atoms with Gasteiger partial charge in [0.15, 0.2) is 0 Å². The first-order valence-corrected chi connectivity index (χ1v) is 5.92. The van der Waals surface area contributed by atoms with Gasteiger partial charge in [-0.05, 0) is 21.0 Å². The molecule has 1 rings (SSSR count). The molecular formula is C11H24N4O. The quantitative estimate of drug-likeness (QED) is 0.673. The maximum Gasteiger partial charge on any atom is 0.239 e. The average molecular weight is 228 g/mol. The minimum Gasteiger partial charge on any atom is -0.339 e. The summed E-state index contributed by atoms with van der Waals surface area (Å²) in [5.41, 5.74) is 5.59. The van der Waals surface area contributed by atoms with Gasteiger partial charge in [0.25, 0.3) is 0 Å². The van der Waals surface area contributed by atoms with Crippen molar-refractivity contribution in [3.05, 3.63) is 0 Å². The fourth-order valence-corrected chi connectivity index (χ4v) is 1.82. The van der Waals surface area contributed by atoms with E-state index in [9.17, 15) is 4.79 Å². The third-order valence-electron chi connectivity index (χ3n) is 2.94. The molecule has 0 aromatic rings. The highest BCUT2D eigenvalue weighted by Crippen LogP contribution is 2.03. The van der Waals surface area contributed by atoms with Crippen molar-refractivity contribution in [2.24, 2.45) is 5.73 Å². The molecule has 0 radical (unpaired) electrons. The van der Waals surface area contributed by atoms with E-state index in [4.69, 9.17) is 5.73 Å². The summed E-state index contributed by atoms with van der Waals surface area (Å²) in [5, 5.41) is 0. The van der Waals surface area contributed by atoms with Gasteiger partial charge in [0.2, 0.25) is 5.91 Å². The zero-order valence-electron chi connectivity index (χ0n) is 10.6. The van der Waals surface area contributed by atoms with Crippen LogP contribution in [0.1, 0.15) is 6.92 Å². The smallest absolute Gasteiger partial charge is 0.239 e. The number of nitrogens with zero attached hydrogens (tertiary/aromatic N) is 3. The monoisotopic (exact) mass is 228 g/mol. The van der Waals surface area contributed by atoms with Crippen LogP contribution in [0.15, 0.2) is 0 Å². The largest absolute Gasteiger partial charge is 0.339 e. The minimum absolute atomic E-state index is 0.0762. The molecule has 0 aliphatic carbocycles. The Balaban J connectivity index is 2.26. The van der Waals surface area contributed by atoms with Gasteiger partial charge in [-0.1, -0.05) is 0 Å². The van der Waals surface area contributed by atoms with E-state index < -0.39 is 0 Å². The van der Waals surface area contributed by atoms with Gasteiger partial charge in [-0.3, -0.25) is 9.69 Å². The molecule has 0 bridgehead atoms. The first kappa shape index (κ1) is 13.4. The summed E-state index contributed by atoms with van der Waals surface area (Å²) < 4.78 is 0. The van der Waals surface area contributed by atoms with Crippen LogP contribution in [0.4, 0.5) is 0 Å². The van der Waals surface area contributed by atoms with E-state index >= 15 is 0 Å². The number of nitrogens with two attached hydrogens (primary N) is 1. The third kappa shape index (κ3) is 4.08. The van der Waals surface area contributed by atoms with Crippen LogP contribution in [0.3, 0.4) is 0 Å². The number of hydrogen-bond donors (Lipinski definition) is 1. The van der Waals surface area contributed by atoms with Crippen molar-refractivity contribution in [3.63, 3.8) is 0 Å². The molecule has 1 fully saturated rings. The summed E-state index contributed by atoms with van der Waals surface area (Å²) in [6, 6.07) is -0.367. The number of hydrogen-bond acceptors (Lipinski definition) is 4. The van der Waals surface area contributed by atoms with Gasteiger partial charge in [-0.25, -0.2) is 0 Å². The number of carbonyl (C=O) groups excluding carboxylic acids is 1. The van der Waals surface area contributed by atoms with Crippen LogP contribution in [0.5, 0.6) is 0 Å². The molecule has 1 amide bonds. The van der Waals surface area contributed by atoms with Crippen LogP contribution in [-0.2, 0) is 4.79 Å². The summed E-state index contributed by atoms with van der Waals surface area (Å²) in [4.78, 5) is 18.1. The molecule has 0 spiro atoms. The van der Waals surface area contributed by atoms with Gasteiger partial charge in [0, 0.05) is 39.3 Å². The van der Waals surface area contributed by atoms with Crippen LogP contribution in [0.2, 0.25) is 0 Å².